The molecule has 1 saturated heterocycles. The maximum atomic E-state index is 12.8. The first kappa shape index (κ1) is 18.0. The van der Waals surface area contributed by atoms with Crippen molar-refractivity contribution in [1.29, 1.82) is 0 Å². The fourth-order valence-corrected chi connectivity index (χ4v) is 4.28. The number of benzene rings is 1. The second kappa shape index (κ2) is 7.71. The van der Waals surface area contributed by atoms with Crippen molar-refractivity contribution in [2.24, 2.45) is 0 Å². The van der Waals surface area contributed by atoms with Crippen LogP contribution >= 0.6 is 22.6 Å². The van der Waals surface area contributed by atoms with Crippen LogP contribution in [0.2, 0.25) is 0 Å². The summed E-state index contributed by atoms with van der Waals surface area (Å²) in [5.74, 6) is 1.24. The van der Waals surface area contributed by atoms with Gasteiger partial charge in [-0.1, -0.05) is 30.3 Å². The van der Waals surface area contributed by atoms with E-state index in [2.05, 4.69) is 27.6 Å². The van der Waals surface area contributed by atoms with Gasteiger partial charge in [0.2, 0.25) is 0 Å². The molecule has 8 heteroatoms. The van der Waals surface area contributed by atoms with Gasteiger partial charge in [0, 0.05) is 18.9 Å². The van der Waals surface area contributed by atoms with Crippen LogP contribution in [0.1, 0.15) is 36.7 Å². The van der Waals surface area contributed by atoms with E-state index in [9.17, 15) is 4.79 Å². The Balaban J connectivity index is 1.59. The van der Waals surface area contributed by atoms with Crippen molar-refractivity contribution in [2.45, 2.75) is 31.9 Å². The van der Waals surface area contributed by atoms with Crippen LogP contribution in [0.15, 0.2) is 42.7 Å². The number of anilines is 1. The molecule has 0 aliphatic carbocycles. The number of hydrogen-bond acceptors (Lipinski definition) is 5. The van der Waals surface area contributed by atoms with Crippen LogP contribution in [-0.2, 0) is 11.3 Å². The molecule has 0 bridgehead atoms. The highest BCUT2D eigenvalue weighted by Gasteiger charge is 2.33. The summed E-state index contributed by atoms with van der Waals surface area (Å²) in [5, 5.41) is 0. The molecule has 1 atom stereocenters. The lowest BCUT2D eigenvalue weighted by Crippen LogP contribution is -2.39. The molecular weight excluding hydrogens is 457 g/mol. The van der Waals surface area contributed by atoms with Gasteiger partial charge in [-0.15, -0.1) is 0 Å². The third kappa shape index (κ3) is 3.58. The third-order valence-corrected chi connectivity index (χ3v) is 5.56. The van der Waals surface area contributed by atoms with Gasteiger partial charge in [0.05, 0.1) is 6.04 Å². The number of aromatic nitrogens is 3. The Morgan fingerprint density at radius 1 is 1.30 bits per heavy atom. The van der Waals surface area contributed by atoms with Gasteiger partial charge in [-0.25, -0.2) is 14.8 Å². The summed E-state index contributed by atoms with van der Waals surface area (Å²) < 4.78 is 8.30. The summed E-state index contributed by atoms with van der Waals surface area (Å²) in [6, 6.07) is 9.56. The van der Waals surface area contributed by atoms with Crippen molar-refractivity contribution in [1.82, 2.24) is 19.3 Å². The van der Waals surface area contributed by atoms with Gasteiger partial charge in [0.15, 0.2) is 5.82 Å². The number of halogens is 1. The van der Waals surface area contributed by atoms with Crippen molar-refractivity contribution in [3.63, 3.8) is 0 Å². The van der Waals surface area contributed by atoms with Gasteiger partial charge in [0.1, 0.15) is 21.6 Å². The predicted octanol–water partition coefficient (Wildman–Crippen LogP) is 3.78. The molecule has 140 valence electrons. The van der Waals surface area contributed by atoms with Gasteiger partial charge in [0.25, 0.3) is 0 Å². The SMILES string of the molecule is Nc1nccn2c(C3CCCCN3C(=O)OCc3ccccc3)nc(I)c12. The molecule has 0 spiro atoms. The lowest BCUT2D eigenvalue weighted by atomic mass is 10.0. The number of ether oxygens (including phenoxy) is 1. The molecule has 0 saturated carbocycles. The number of fused-ring (bicyclic) bond motifs is 1. The van der Waals surface area contributed by atoms with Crippen molar-refractivity contribution in [2.75, 3.05) is 12.3 Å². The van der Waals surface area contributed by atoms with Crippen LogP contribution in [0.25, 0.3) is 5.52 Å². The lowest BCUT2D eigenvalue weighted by molar-refractivity contribution is 0.0657. The van der Waals surface area contributed by atoms with Crippen LogP contribution < -0.4 is 5.73 Å². The van der Waals surface area contributed by atoms with Gasteiger partial charge < -0.3 is 10.5 Å². The van der Waals surface area contributed by atoms with Crippen molar-refractivity contribution >= 4 is 40.0 Å². The maximum Gasteiger partial charge on any atom is 0.410 e. The molecule has 3 heterocycles. The number of amides is 1. The number of likely N-dealkylation sites (tertiary alicyclic amines) is 1. The largest absolute Gasteiger partial charge is 0.445 e. The average Bonchev–Trinajstić information content (AvgIpc) is 3.05. The third-order valence-electron chi connectivity index (χ3n) is 4.81. The topological polar surface area (TPSA) is 85.8 Å². The second-order valence-corrected chi connectivity index (χ2v) is 7.56. The molecule has 1 fully saturated rings. The molecule has 27 heavy (non-hydrogen) atoms. The Morgan fingerprint density at radius 2 is 2.11 bits per heavy atom. The van der Waals surface area contributed by atoms with E-state index in [1.807, 2.05) is 40.9 Å². The van der Waals surface area contributed by atoms with E-state index in [0.717, 1.165) is 39.9 Å². The minimum Gasteiger partial charge on any atom is -0.445 e. The summed E-state index contributed by atoms with van der Waals surface area (Å²) in [7, 11) is 0. The fraction of sp³-hybridized carbons (Fsp3) is 0.316. The van der Waals surface area contributed by atoms with E-state index >= 15 is 0 Å². The Labute approximate surface area is 170 Å². The highest BCUT2D eigenvalue weighted by molar-refractivity contribution is 14.1. The van der Waals surface area contributed by atoms with Gasteiger partial charge >= 0.3 is 6.09 Å². The minimum atomic E-state index is -0.308. The summed E-state index contributed by atoms with van der Waals surface area (Å²) in [4.78, 5) is 23.4. The Morgan fingerprint density at radius 3 is 2.93 bits per heavy atom. The Kier molecular flexibility index (Phi) is 5.15. The second-order valence-electron chi connectivity index (χ2n) is 6.54. The maximum absolute atomic E-state index is 12.8. The first-order chi connectivity index (χ1) is 13.1. The van der Waals surface area contributed by atoms with Crippen molar-refractivity contribution < 1.29 is 9.53 Å². The fourth-order valence-electron chi connectivity index (χ4n) is 3.50. The van der Waals surface area contributed by atoms with Crippen LogP contribution in [0.3, 0.4) is 0 Å². The summed E-state index contributed by atoms with van der Waals surface area (Å²) in [5.41, 5.74) is 7.78. The Hall–Kier alpha value is -2.36. The standard InChI is InChI=1S/C19H20IN5O2/c20-16-15-17(21)22-9-11-25(15)18(23-16)14-8-4-5-10-24(14)19(26)27-12-13-6-2-1-3-7-13/h1-3,6-7,9,11,14H,4-5,8,10,12H2,(H2,21,22). The van der Waals surface area contributed by atoms with E-state index < -0.39 is 0 Å². The smallest absolute Gasteiger partial charge is 0.410 e. The first-order valence-corrected chi connectivity index (χ1v) is 9.98. The van der Waals surface area contributed by atoms with E-state index in [-0.39, 0.29) is 18.7 Å². The monoisotopic (exact) mass is 477 g/mol. The van der Waals surface area contributed by atoms with E-state index in [1.165, 1.54) is 0 Å². The molecule has 3 aromatic rings. The molecule has 2 N–H and O–H groups in total. The number of hydrogen-bond donors (Lipinski definition) is 1. The molecular formula is C19H20IN5O2. The number of piperidine rings is 1. The number of imidazole rings is 1. The van der Waals surface area contributed by atoms with Crippen molar-refractivity contribution in [3.8, 4) is 0 Å². The average molecular weight is 477 g/mol. The number of carbonyl (C=O) groups is 1. The van der Waals surface area contributed by atoms with Gasteiger partial charge in [-0.2, -0.15) is 0 Å². The molecule has 2 aromatic heterocycles. The number of carbonyl (C=O) groups excluding carboxylic acids is 1. The zero-order valence-electron chi connectivity index (χ0n) is 14.7. The summed E-state index contributed by atoms with van der Waals surface area (Å²) in [6.45, 7) is 0.921. The molecule has 1 aliphatic rings. The number of nitrogens with zero attached hydrogens (tertiary/aromatic N) is 4. The van der Waals surface area contributed by atoms with E-state index in [0.29, 0.717) is 12.4 Å². The van der Waals surface area contributed by atoms with Crippen molar-refractivity contribution in [3.05, 3.63) is 57.8 Å². The minimum absolute atomic E-state index is 0.139. The molecule has 7 nitrogen and oxygen atoms in total. The van der Waals surface area contributed by atoms with Gasteiger partial charge in [-0.05, 0) is 47.4 Å². The van der Waals surface area contributed by atoms with E-state index in [1.54, 1.807) is 11.1 Å². The molecule has 1 amide bonds. The molecule has 1 aliphatic heterocycles. The van der Waals surface area contributed by atoms with Crippen LogP contribution in [0, 0.1) is 3.70 Å². The zero-order valence-corrected chi connectivity index (χ0v) is 16.9. The summed E-state index contributed by atoms with van der Waals surface area (Å²) in [6.07, 6.45) is 6.04. The predicted molar refractivity (Wildman–Crippen MR) is 110 cm³/mol. The van der Waals surface area contributed by atoms with Crippen LogP contribution in [0.4, 0.5) is 10.6 Å². The number of rotatable bonds is 3. The summed E-state index contributed by atoms with van der Waals surface area (Å²) >= 11 is 2.16. The quantitative estimate of drug-likeness (QED) is 0.581. The Bertz CT molecular complexity index is 959. The highest BCUT2D eigenvalue weighted by atomic mass is 127. The first-order valence-electron chi connectivity index (χ1n) is 8.90. The normalized spacial score (nSPS) is 17.2. The molecule has 1 unspecified atom stereocenters. The van der Waals surface area contributed by atoms with Crippen LogP contribution in [-0.4, -0.2) is 31.9 Å². The number of nitrogen functional groups attached to an aromatic ring is 1. The molecule has 4 rings (SSSR count). The lowest BCUT2D eigenvalue weighted by Gasteiger charge is -2.34. The zero-order chi connectivity index (χ0) is 18.8. The van der Waals surface area contributed by atoms with E-state index in [4.69, 9.17) is 15.5 Å². The van der Waals surface area contributed by atoms with Crippen LogP contribution in [0.5, 0.6) is 0 Å². The number of nitrogens with two attached hydrogens (primary N) is 1. The highest BCUT2D eigenvalue weighted by Crippen LogP contribution is 2.33. The van der Waals surface area contributed by atoms with Gasteiger partial charge in [-0.3, -0.25) is 9.30 Å². The molecule has 0 radical (unpaired) electrons. The molecule has 1 aromatic carbocycles.